The lowest BCUT2D eigenvalue weighted by Crippen LogP contribution is -2.03. The van der Waals surface area contributed by atoms with Crippen molar-refractivity contribution < 1.29 is 24.2 Å². The number of hydrogen-bond donors (Lipinski definition) is 2. The molecule has 0 bridgehead atoms. The molecule has 21 heavy (non-hydrogen) atoms. The highest BCUT2D eigenvalue weighted by atomic mass is 19.1. The van der Waals surface area contributed by atoms with Crippen molar-refractivity contribution in [2.75, 3.05) is 0 Å². The van der Waals surface area contributed by atoms with E-state index in [0.29, 0.717) is 12.6 Å². The highest BCUT2D eigenvalue weighted by Gasteiger charge is 2.11. The third kappa shape index (κ3) is 3.75. The Labute approximate surface area is 118 Å². The lowest BCUT2D eigenvalue weighted by atomic mass is 10.2. The van der Waals surface area contributed by atoms with Crippen LogP contribution in [-0.4, -0.2) is 31.7 Å². The van der Waals surface area contributed by atoms with Crippen LogP contribution in [0.15, 0.2) is 48.5 Å². The monoisotopic (exact) mass is 290 g/mol. The topological polar surface area (TPSA) is 92.4 Å². The molecule has 0 saturated carbocycles. The van der Waals surface area contributed by atoms with Gasteiger partial charge in [-0.15, -0.1) is 0 Å². The summed E-state index contributed by atoms with van der Waals surface area (Å²) in [6.45, 7) is 0.336. The van der Waals surface area contributed by atoms with E-state index in [1.54, 1.807) is 12.1 Å². The summed E-state index contributed by atoms with van der Waals surface area (Å²) in [6.07, 6.45) is 3.29. The number of aliphatic hydroxyl groups is 1. The van der Waals surface area contributed by atoms with Gasteiger partial charge in [-0.3, -0.25) is 9.48 Å². The zero-order valence-corrected chi connectivity index (χ0v) is 10.7. The van der Waals surface area contributed by atoms with Crippen molar-refractivity contribution >= 4 is 11.8 Å². The second-order valence-corrected chi connectivity index (χ2v) is 4.25. The average Bonchev–Trinajstić information content (AvgIpc) is 2.90. The lowest BCUT2D eigenvalue weighted by Gasteiger charge is -2.01. The van der Waals surface area contributed by atoms with Crippen LogP contribution in [-0.2, 0) is 11.3 Å². The normalized spacial score (nSPS) is 11.4. The Morgan fingerprint density at radius 2 is 1.90 bits per heavy atom. The Hall–Kier alpha value is -2.96. The van der Waals surface area contributed by atoms with Gasteiger partial charge < -0.3 is 10.2 Å². The highest BCUT2D eigenvalue weighted by molar-refractivity contribution is 6.07. The van der Waals surface area contributed by atoms with E-state index in [4.69, 9.17) is 10.2 Å². The maximum absolute atomic E-state index is 12.8. The number of carboxylic acid groups (broad SMARTS) is 1. The quantitative estimate of drug-likeness (QED) is 0.497. The molecule has 0 amide bonds. The summed E-state index contributed by atoms with van der Waals surface area (Å²) >= 11 is 0. The molecule has 1 aromatic carbocycles. The molecule has 7 heteroatoms. The first-order valence-corrected chi connectivity index (χ1v) is 5.91. The molecule has 0 unspecified atom stereocenters. The number of aliphatic carboxylic acids is 1. The number of aromatic nitrogens is 2. The van der Waals surface area contributed by atoms with Crippen LogP contribution in [0.3, 0.4) is 0 Å². The van der Waals surface area contributed by atoms with Crippen LogP contribution in [0, 0.1) is 5.82 Å². The molecule has 6 nitrogen and oxygen atoms in total. The van der Waals surface area contributed by atoms with Crippen LogP contribution in [0.1, 0.15) is 15.9 Å². The molecule has 2 aromatic rings. The van der Waals surface area contributed by atoms with E-state index >= 15 is 0 Å². The van der Waals surface area contributed by atoms with Crippen molar-refractivity contribution in [2.45, 2.75) is 6.54 Å². The molecule has 0 spiro atoms. The van der Waals surface area contributed by atoms with Crippen molar-refractivity contribution in [2.24, 2.45) is 0 Å². The van der Waals surface area contributed by atoms with Gasteiger partial charge in [-0.25, -0.2) is 9.18 Å². The standard InChI is InChI=1S/C14H11FN2O4/c15-11-3-1-9(2-4-11)7-17-8-10(6-16-17)12(18)5-13(19)14(20)21/h1-6,8,19H,7H2,(H,20,21). The van der Waals surface area contributed by atoms with Gasteiger partial charge in [0.25, 0.3) is 0 Å². The summed E-state index contributed by atoms with van der Waals surface area (Å²) in [7, 11) is 0. The van der Waals surface area contributed by atoms with Crippen molar-refractivity contribution in [1.82, 2.24) is 9.78 Å². The Bertz CT molecular complexity index is 704. The number of ketones is 1. The summed E-state index contributed by atoms with van der Waals surface area (Å²) in [5, 5.41) is 21.4. The number of nitrogens with zero attached hydrogens (tertiary/aromatic N) is 2. The maximum Gasteiger partial charge on any atom is 0.371 e. The molecular formula is C14H11FN2O4. The van der Waals surface area contributed by atoms with Crippen LogP contribution in [0.2, 0.25) is 0 Å². The zero-order chi connectivity index (χ0) is 15.4. The third-order valence-corrected chi connectivity index (χ3v) is 2.66. The molecule has 0 fully saturated rings. The Balaban J connectivity index is 2.11. The molecule has 0 aliphatic heterocycles. The van der Waals surface area contributed by atoms with Gasteiger partial charge in [-0.05, 0) is 17.7 Å². The largest absolute Gasteiger partial charge is 0.502 e. The molecule has 2 N–H and O–H groups in total. The number of aliphatic hydroxyl groups excluding tert-OH is 1. The number of rotatable bonds is 5. The summed E-state index contributed by atoms with van der Waals surface area (Å²) in [4.78, 5) is 22.1. The van der Waals surface area contributed by atoms with Gasteiger partial charge in [-0.1, -0.05) is 12.1 Å². The molecule has 1 aromatic heterocycles. The summed E-state index contributed by atoms with van der Waals surface area (Å²) in [5.41, 5.74) is 0.937. The Morgan fingerprint density at radius 3 is 2.52 bits per heavy atom. The summed E-state index contributed by atoms with van der Waals surface area (Å²) < 4.78 is 14.2. The molecule has 108 valence electrons. The van der Waals surface area contributed by atoms with Gasteiger partial charge >= 0.3 is 5.97 Å². The second-order valence-electron chi connectivity index (χ2n) is 4.25. The summed E-state index contributed by atoms with van der Waals surface area (Å²) in [5.74, 6) is -3.63. The number of carbonyl (C=O) groups excluding carboxylic acids is 1. The van der Waals surface area contributed by atoms with E-state index in [9.17, 15) is 14.0 Å². The number of carbonyl (C=O) groups is 2. The highest BCUT2D eigenvalue weighted by Crippen LogP contribution is 2.07. The van der Waals surface area contributed by atoms with Crippen LogP contribution in [0.4, 0.5) is 4.39 Å². The summed E-state index contributed by atoms with van der Waals surface area (Å²) in [6, 6.07) is 5.82. The van der Waals surface area contributed by atoms with Crippen molar-refractivity contribution in [3.63, 3.8) is 0 Å². The molecular weight excluding hydrogens is 279 g/mol. The van der Waals surface area contributed by atoms with E-state index in [1.165, 1.54) is 29.2 Å². The van der Waals surface area contributed by atoms with E-state index in [2.05, 4.69) is 5.10 Å². The Morgan fingerprint density at radius 1 is 1.24 bits per heavy atom. The first kappa shape index (κ1) is 14.4. The van der Waals surface area contributed by atoms with Gasteiger partial charge in [-0.2, -0.15) is 5.10 Å². The smallest absolute Gasteiger partial charge is 0.371 e. The third-order valence-electron chi connectivity index (χ3n) is 2.66. The zero-order valence-electron chi connectivity index (χ0n) is 10.7. The fourth-order valence-electron chi connectivity index (χ4n) is 1.62. The van der Waals surface area contributed by atoms with E-state index in [-0.39, 0.29) is 11.4 Å². The van der Waals surface area contributed by atoms with E-state index < -0.39 is 17.5 Å². The minimum atomic E-state index is -1.58. The second kappa shape index (κ2) is 6.00. The molecule has 1 heterocycles. The number of halogens is 1. The molecule has 0 aliphatic carbocycles. The number of benzene rings is 1. The number of allylic oxidation sites excluding steroid dienone is 1. The van der Waals surface area contributed by atoms with Crippen molar-refractivity contribution in [3.05, 3.63) is 65.4 Å². The predicted octanol–water partition coefficient (Wildman–Crippen LogP) is 1.78. The van der Waals surface area contributed by atoms with Gasteiger partial charge in [0.15, 0.2) is 5.78 Å². The van der Waals surface area contributed by atoms with E-state index in [1.807, 2.05) is 0 Å². The first-order valence-electron chi connectivity index (χ1n) is 5.91. The predicted molar refractivity (Wildman–Crippen MR) is 70.4 cm³/mol. The van der Waals surface area contributed by atoms with Crippen LogP contribution in [0.25, 0.3) is 0 Å². The molecule has 0 radical (unpaired) electrons. The molecule has 0 saturated heterocycles. The fourth-order valence-corrected chi connectivity index (χ4v) is 1.62. The minimum Gasteiger partial charge on any atom is -0.502 e. The fraction of sp³-hybridized carbons (Fsp3) is 0.0714. The number of hydrogen-bond acceptors (Lipinski definition) is 4. The Kier molecular flexibility index (Phi) is 4.13. The van der Waals surface area contributed by atoms with Crippen molar-refractivity contribution in [3.8, 4) is 0 Å². The number of carboxylic acids is 1. The van der Waals surface area contributed by atoms with Gasteiger partial charge in [0.2, 0.25) is 5.76 Å². The SMILES string of the molecule is O=C(O)C(O)=CC(=O)c1cnn(Cc2ccc(F)cc2)c1. The van der Waals surface area contributed by atoms with Crippen molar-refractivity contribution in [1.29, 1.82) is 0 Å². The molecule has 2 rings (SSSR count). The van der Waals surface area contributed by atoms with Crippen LogP contribution < -0.4 is 0 Å². The molecule has 0 atom stereocenters. The lowest BCUT2D eigenvalue weighted by molar-refractivity contribution is -0.135. The van der Waals surface area contributed by atoms with Crippen LogP contribution in [0.5, 0.6) is 0 Å². The molecule has 0 aliphatic rings. The first-order chi connectivity index (χ1) is 9.95. The van der Waals surface area contributed by atoms with Gasteiger partial charge in [0.05, 0.1) is 18.3 Å². The average molecular weight is 290 g/mol. The van der Waals surface area contributed by atoms with Crippen LogP contribution >= 0.6 is 0 Å². The van der Waals surface area contributed by atoms with E-state index in [0.717, 1.165) is 5.56 Å². The van der Waals surface area contributed by atoms with Gasteiger partial charge in [0, 0.05) is 12.3 Å². The maximum atomic E-state index is 12.8. The van der Waals surface area contributed by atoms with Gasteiger partial charge in [0.1, 0.15) is 5.82 Å². The minimum absolute atomic E-state index is 0.143.